The summed E-state index contributed by atoms with van der Waals surface area (Å²) < 4.78 is 0. The standard InChI is InChI=1S/C11H14ClN3O/c1-8-9(12)3-4-10(14-8)15-6-2-5-13-11(16)7-15/h3-4H,2,5-7H2,1H3,(H,13,16). The van der Waals surface area contributed by atoms with E-state index in [1.54, 1.807) is 0 Å². The number of anilines is 1. The number of amides is 1. The fourth-order valence-electron chi connectivity index (χ4n) is 1.71. The summed E-state index contributed by atoms with van der Waals surface area (Å²) >= 11 is 5.92. The molecule has 0 aromatic carbocycles. The molecule has 0 atom stereocenters. The highest BCUT2D eigenvalue weighted by atomic mass is 35.5. The Hall–Kier alpha value is -1.29. The number of rotatable bonds is 1. The fraction of sp³-hybridized carbons (Fsp3) is 0.455. The van der Waals surface area contributed by atoms with Crippen LogP contribution < -0.4 is 10.2 Å². The van der Waals surface area contributed by atoms with Crippen LogP contribution in [0, 0.1) is 6.92 Å². The van der Waals surface area contributed by atoms with Gasteiger partial charge in [0, 0.05) is 13.1 Å². The molecule has 1 saturated heterocycles. The van der Waals surface area contributed by atoms with E-state index in [0.29, 0.717) is 11.6 Å². The second-order valence-electron chi connectivity index (χ2n) is 3.86. The van der Waals surface area contributed by atoms with E-state index < -0.39 is 0 Å². The molecule has 0 bridgehead atoms. The number of pyridine rings is 1. The molecule has 4 nitrogen and oxygen atoms in total. The van der Waals surface area contributed by atoms with E-state index in [0.717, 1.165) is 31.0 Å². The molecule has 1 N–H and O–H groups in total. The molecule has 1 amide bonds. The average molecular weight is 240 g/mol. The Kier molecular flexibility index (Phi) is 3.29. The zero-order valence-electron chi connectivity index (χ0n) is 9.16. The molecule has 0 aliphatic carbocycles. The zero-order valence-corrected chi connectivity index (χ0v) is 9.92. The summed E-state index contributed by atoms with van der Waals surface area (Å²) in [7, 11) is 0. The molecule has 5 heteroatoms. The van der Waals surface area contributed by atoms with Crippen molar-refractivity contribution in [2.45, 2.75) is 13.3 Å². The Balaban J connectivity index is 2.21. The quantitative estimate of drug-likeness (QED) is 0.805. The summed E-state index contributed by atoms with van der Waals surface area (Å²) in [4.78, 5) is 17.8. The highest BCUT2D eigenvalue weighted by molar-refractivity contribution is 6.31. The number of nitrogens with one attached hydrogen (secondary N) is 1. The normalized spacial score (nSPS) is 16.9. The summed E-state index contributed by atoms with van der Waals surface area (Å²) in [6, 6.07) is 3.68. The Labute approximate surface area is 99.6 Å². The molecule has 0 spiro atoms. The van der Waals surface area contributed by atoms with Gasteiger partial charge in [-0.05, 0) is 25.5 Å². The van der Waals surface area contributed by atoms with Crippen molar-refractivity contribution in [3.8, 4) is 0 Å². The van der Waals surface area contributed by atoms with Crippen LogP contribution in [-0.2, 0) is 4.79 Å². The molecule has 2 rings (SSSR count). The number of hydrogen-bond donors (Lipinski definition) is 1. The number of carbonyl (C=O) groups excluding carboxylic acids is 1. The smallest absolute Gasteiger partial charge is 0.239 e. The Morgan fingerprint density at radius 3 is 3.06 bits per heavy atom. The third-order valence-electron chi connectivity index (χ3n) is 2.59. The molecule has 1 aromatic heterocycles. The number of halogens is 1. The summed E-state index contributed by atoms with van der Waals surface area (Å²) in [6.07, 6.45) is 0.940. The van der Waals surface area contributed by atoms with Gasteiger partial charge in [0.05, 0.1) is 17.3 Å². The molecule has 0 unspecified atom stereocenters. The van der Waals surface area contributed by atoms with Crippen molar-refractivity contribution in [3.05, 3.63) is 22.8 Å². The predicted octanol–water partition coefficient (Wildman–Crippen LogP) is 1.37. The first kappa shape index (κ1) is 11.2. The molecule has 1 aliphatic rings. The first-order valence-electron chi connectivity index (χ1n) is 5.31. The molecule has 1 aromatic rings. The van der Waals surface area contributed by atoms with Gasteiger partial charge in [0.15, 0.2) is 0 Å². The van der Waals surface area contributed by atoms with Gasteiger partial charge < -0.3 is 10.2 Å². The second-order valence-corrected chi connectivity index (χ2v) is 4.27. The van der Waals surface area contributed by atoms with Crippen molar-refractivity contribution < 1.29 is 4.79 Å². The maximum absolute atomic E-state index is 11.4. The van der Waals surface area contributed by atoms with Crippen molar-refractivity contribution in [1.82, 2.24) is 10.3 Å². The van der Waals surface area contributed by atoms with Gasteiger partial charge in [0.25, 0.3) is 0 Å². The van der Waals surface area contributed by atoms with Crippen molar-refractivity contribution >= 4 is 23.3 Å². The summed E-state index contributed by atoms with van der Waals surface area (Å²) in [5.41, 5.74) is 0.795. The lowest BCUT2D eigenvalue weighted by Crippen LogP contribution is -2.33. The van der Waals surface area contributed by atoms with Crippen LogP contribution in [0.15, 0.2) is 12.1 Å². The molecule has 2 heterocycles. The van der Waals surface area contributed by atoms with Crippen molar-refractivity contribution in [2.24, 2.45) is 0 Å². The van der Waals surface area contributed by atoms with E-state index >= 15 is 0 Å². The van der Waals surface area contributed by atoms with Crippen LogP contribution in [-0.4, -0.2) is 30.5 Å². The van der Waals surface area contributed by atoms with Gasteiger partial charge in [-0.15, -0.1) is 0 Å². The summed E-state index contributed by atoms with van der Waals surface area (Å²) in [5, 5.41) is 3.49. The van der Waals surface area contributed by atoms with Crippen LogP contribution in [0.25, 0.3) is 0 Å². The highest BCUT2D eigenvalue weighted by Crippen LogP contribution is 2.18. The third kappa shape index (κ3) is 2.44. The average Bonchev–Trinajstić information content (AvgIpc) is 2.47. The predicted molar refractivity (Wildman–Crippen MR) is 63.8 cm³/mol. The van der Waals surface area contributed by atoms with E-state index in [1.165, 1.54) is 0 Å². The van der Waals surface area contributed by atoms with Gasteiger partial charge in [-0.1, -0.05) is 11.6 Å². The topological polar surface area (TPSA) is 45.2 Å². The molecule has 16 heavy (non-hydrogen) atoms. The largest absolute Gasteiger partial charge is 0.354 e. The first-order chi connectivity index (χ1) is 7.66. The Morgan fingerprint density at radius 1 is 1.50 bits per heavy atom. The van der Waals surface area contributed by atoms with Gasteiger partial charge >= 0.3 is 0 Å². The number of carbonyl (C=O) groups is 1. The summed E-state index contributed by atoms with van der Waals surface area (Å²) in [5.74, 6) is 0.867. The number of aromatic nitrogens is 1. The summed E-state index contributed by atoms with van der Waals surface area (Å²) in [6.45, 7) is 3.81. The van der Waals surface area contributed by atoms with Crippen LogP contribution in [0.5, 0.6) is 0 Å². The minimum Gasteiger partial charge on any atom is -0.354 e. The maximum Gasteiger partial charge on any atom is 0.239 e. The van der Waals surface area contributed by atoms with Crippen LogP contribution in [0.4, 0.5) is 5.82 Å². The van der Waals surface area contributed by atoms with Crippen LogP contribution in [0.1, 0.15) is 12.1 Å². The molecule has 1 fully saturated rings. The van der Waals surface area contributed by atoms with Gasteiger partial charge in [0.1, 0.15) is 5.82 Å². The van der Waals surface area contributed by atoms with Gasteiger partial charge in [-0.25, -0.2) is 4.98 Å². The fourth-order valence-corrected chi connectivity index (χ4v) is 1.81. The third-order valence-corrected chi connectivity index (χ3v) is 2.99. The maximum atomic E-state index is 11.4. The first-order valence-corrected chi connectivity index (χ1v) is 5.69. The van der Waals surface area contributed by atoms with E-state index in [9.17, 15) is 4.79 Å². The number of aryl methyl sites for hydroxylation is 1. The molecule has 0 radical (unpaired) electrons. The number of hydrogen-bond acceptors (Lipinski definition) is 3. The molecule has 1 aliphatic heterocycles. The van der Waals surface area contributed by atoms with Gasteiger partial charge in [-0.2, -0.15) is 0 Å². The van der Waals surface area contributed by atoms with Crippen molar-refractivity contribution in [1.29, 1.82) is 0 Å². The minimum absolute atomic E-state index is 0.0481. The lowest BCUT2D eigenvalue weighted by Gasteiger charge is -2.20. The molecule has 86 valence electrons. The van der Waals surface area contributed by atoms with Crippen LogP contribution in [0.2, 0.25) is 5.02 Å². The Bertz CT molecular complexity index is 408. The van der Waals surface area contributed by atoms with E-state index in [-0.39, 0.29) is 5.91 Å². The van der Waals surface area contributed by atoms with E-state index in [4.69, 9.17) is 11.6 Å². The zero-order chi connectivity index (χ0) is 11.5. The monoisotopic (exact) mass is 239 g/mol. The van der Waals surface area contributed by atoms with Crippen LogP contribution >= 0.6 is 11.6 Å². The lowest BCUT2D eigenvalue weighted by atomic mass is 10.3. The van der Waals surface area contributed by atoms with Crippen LogP contribution in [0.3, 0.4) is 0 Å². The SMILES string of the molecule is Cc1nc(N2CCCNC(=O)C2)ccc1Cl. The Morgan fingerprint density at radius 2 is 2.31 bits per heavy atom. The second kappa shape index (κ2) is 4.70. The minimum atomic E-state index is 0.0481. The molecule has 0 saturated carbocycles. The highest BCUT2D eigenvalue weighted by Gasteiger charge is 2.16. The molecular weight excluding hydrogens is 226 g/mol. The lowest BCUT2D eigenvalue weighted by molar-refractivity contribution is -0.119. The van der Waals surface area contributed by atoms with Crippen molar-refractivity contribution in [3.63, 3.8) is 0 Å². The van der Waals surface area contributed by atoms with E-state index in [2.05, 4.69) is 10.3 Å². The van der Waals surface area contributed by atoms with Gasteiger partial charge in [0.2, 0.25) is 5.91 Å². The van der Waals surface area contributed by atoms with E-state index in [1.807, 2.05) is 24.0 Å². The molecular formula is C11H14ClN3O. The van der Waals surface area contributed by atoms with Gasteiger partial charge in [-0.3, -0.25) is 4.79 Å². The number of nitrogens with zero attached hydrogens (tertiary/aromatic N) is 2. The van der Waals surface area contributed by atoms with Crippen molar-refractivity contribution in [2.75, 3.05) is 24.5 Å².